The fourth-order valence-electron chi connectivity index (χ4n) is 2.03. The summed E-state index contributed by atoms with van der Waals surface area (Å²) in [5, 5.41) is 0. The van der Waals surface area contributed by atoms with Gasteiger partial charge in [-0.25, -0.2) is 0 Å². The molecule has 1 fully saturated rings. The molecule has 72 valence electrons. The number of hydrogen-bond acceptors (Lipinski definition) is 1. The molecule has 1 saturated carbocycles. The molecule has 0 spiro atoms. The van der Waals surface area contributed by atoms with Gasteiger partial charge in [0, 0.05) is 19.3 Å². The van der Waals surface area contributed by atoms with E-state index >= 15 is 0 Å². The third-order valence-corrected chi connectivity index (χ3v) is 2.79. The molecule has 1 aliphatic rings. The lowest BCUT2D eigenvalue weighted by atomic mass is 9.85. The van der Waals surface area contributed by atoms with Crippen LogP contribution in [0, 0.1) is 18.3 Å². The molecule has 0 heterocycles. The normalized spacial score (nSPS) is 18.1. The van der Waals surface area contributed by atoms with E-state index in [1.807, 2.05) is 0 Å². The molecule has 0 aromatic rings. The molecule has 0 atom stereocenters. The van der Waals surface area contributed by atoms with Crippen LogP contribution in [0.5, 0.6) is 0 Å². The van der Waals surface area contributed by atoms with Crippen LogP contribution in [0.25, 0.3) is 0 Å². The van der Waals surface area contributed by atoms with Crippen LogP contribution in [0.2, 0.25) is 0 Å². The van der Waals surface area contributed by atoms with Gasteiger partial charge in [0.05, 0.1) is 0 Å². The maximum atomic E-state index is 11.4. The van der Waals surface area contributed by atoms with Gasteiger partial charge in [-0.1, -0.05) is 32.1 Å². The lowest BCUT2D eigenvalue weighted by Crippen LogP contribution is -2.11. The van der Waals surface area contributed by atoms with Gasteiger partial charge in [0.1, 0.15) is 5.78 Å². The molecule has 0 aromatic heterocycles. The molecule has 0 aliphatic heterocycles. The molecule has 0 unspecified atom stereocenters. The van der Waals surface area contributed by atoms with Gasteiger partial charge in [0.25, 0.3) is 0 Å². The van der Waals surface area contributed by atoms with Crippen LogP contribution >= 0.6 is 0 Å². The van der Waals surface area contributed by atoms with Gasteiger partial charge in [0.2, 0.25) is 0 Å². The molecule has 0 bridgehead atoms. The molecule has 0 aromatic carbocycles. The molecule has 1 nitrogen and oxygen atoms in total. The Bertz CT molecular complexity index is 194. The highest BCUT2D eigenvalue weighted by Gasteiger charge is 2.16. The standard InChI is InChI=1S/C12H18O/c1-2-3-9-12(13)10-11-7-5-4-6-8-11/h1,11H,3-10H2. The van der Waals surface area contributed by atoms with Gasteiger partial charge < -0.3 is 0 Å². The summed E-state index contributed by atoms with van der Waals surface area (Å²) >= 11 is 0. The monoisotopic (exact) mass is 178 g/mol. The highest BCUT2D eigenvalue weighted by molar-refractivity contribution is 5.78. The summed E-state index contributed by atoms with van der Waals surface area (Å²) in [5.74, 6) is 3.55. The second-order valence-electron chi connectivity index (χ2n) is 3.95. The number of ketones is 1. The van der Waals surface area contributed by atoms with Gasteiger partial charge in [-0.15, -0.1) is 12.3 Å². The highest BCUT2D eigenvalue weighted by atomic mass is 16.1. The fraction of sp³-hybridized carbons (Fsp3) is 0.750. The van der Waals surface area contributed by atoms with Gasteiger partial charge in [-0.2, -0.15) is 0 Å². The SMILES string of the molecule is C#CCCC(=O)CC1CCCCC1. The number of carbonyl (C=O) groups is 1. The Balaban J connectivity index is 2.15. The number of hydrogen-bond donors (Lipinski definition) is 0. The van der Waals surface area contributed by atoms with E-state index in [1.165, 1.54) is 32.1 Å². The zero-order valence-corrected chi connectivity index (χ0v) is 8.22. The van der Waals surface area contributed by atoms with E-state index in [-0.39, 0.29) is 0 Å². The molecule has 1 rings (SSSR count). The average Bonchev–Trinajstić information content (AvgIpc) is 2.16. The predicted octanol–water partition coefficient (Wildman–Crippen LogP) is 2.94. The van der Waals surface area contributed by atoms with Crippen molar-refractivity contribution < 1.29 is 4.79 Å². The molecule has 0 N–H and O–H groups in total. The van der Waals surface area contributed by atoms with Crippen molar-refractivity contribution >= 4 is 5.78 Å². The van der Waals surface area contributed by atoms with Crippen LogP contribution in [0.4, 0.5) is 0 Å². The van der Waals surface area contributed by atoms with Gasteiger partial charge in [-0.05, 0) is 5.92 Å². The Morgan fingerprint density at radius 2 is 2.00 bits per heavy atom. The summed E-state index contributed by atoms with van der Waals surface area (Å²) in [4.78, 5) is 11.4. The van der Waals surface area contributed by atoms with Crippen molar-refractivity contribution in [2.75, 3.05) is 0 Å². The van der Waals surface area contributed by atoms with Crippen molar-refractivity contribution in [3.63, 3.8) is 0 Å². The molecular formula is C12H18O. The van der Waals surface area contributed by atoms with Gasteiger partial charge >= 0.3 is 0 Å². The number of carbonyl (C=O) groups excluding carboxylic acids is 1. The maximum Gasteiger partial charge on any atom is 0.134 e. The second-order valence-corrected chi connectivity index (χ2v) is 3.95. The minimum absolute atomic E-state index is 0.366. The smallest absolute Gasteiger partial charge is 0.134 e. The summed E-state index contributed by atoms with van der Waals surface area (Å²) in [5.41, 5.74) is 0. The first-order chi connectivity index (χ1) is 6.33. The van der Waals surface area contributed by atoms with E-state index in [0.717, 1.165) is 6.42 Å². The van der Waals surface area contributed by atoms with Crippen molar-refractivity contribution in [2.24, 2.45) is 5.92 Å². The van der Waals surface area contributed by atoms with Crippen LogP contribution in [-0.2, 0) is 4.79 Å². The topological polar surface area (TPSA) is 17.1 Å². The van der Waals surface area contributed by atoms with E-state index in [1.54, 1.807) is 0 Å². The minimum Gasteiger partial charge on any atom is -0.300 e. The van der Waals surface area contributed by atoms with Gasteiger partial charge in [-0.3, -0.25) is 4.79 Å². The van der Waals surface area contributed by atoms with E-state index in [4.69, 9.17) is 6.42 Å². The third kappa shape index (κ3) is 4.12. The summed E-state index contributed by atoms with van der Waals surface area (Å²) in [6.45, 7) is 0. The lowest BCUT2D eigenvalue weighted by molar-refractivity contribution is -0.120. The first-order valence-electron chi connectivity index (χ1n) is 5.28. The molecular weight excluding hydrogens is 160 g/mol. The van der Waals surface area contributed by atoms with Crippen molar-refractivity contribution in [1.82, 2.24) is 0 Å². The second kappa shape index (κ2) is 5.80. The van der Waals surface area contributed by atoms with E-state index in [9.17, 15) is 4.79 Å². The molecule has 0 amide bonds. The molecule has 1 aliphatic carbocycles. The number of rotatable bonds is 4. The Morgan fingerprint density at radius 3 is 2.62 bits per heavy atom. The molecule has 0 saturated heterocycles. The first-order valence-corrected chi connectivity index (χ1v) is 5.28. The van der Waals surface area contributed by atoms with E-state index < -0.39 is 0 Å². The first kappa shape index (κ1) is 10.3. The summed E-state index contributed by atoms with van der Waals surface area (Å²) in [7, 11) is 0. The average molecular weight is 178 g/mol. The predicted molar refractivity (Wildman–Crippen MR) is 54.3 cm³/mol. The Hall–Kier alpha value is -0.770. The Labute approximate surface area is 80.9 Å². The molecule has 0 radical (unpaired) electrons. The highest BCUT2D eigenvalue weighted by Crippen LogP contribution is 2.26. The summed E-state index contributed by atoms with van der Waals surface area (Å²) in [6, 6.07) is 0. The van der Waals surface area contributed by atoms with Crippen LogP contribution < -0.4 is 0 Å². The third-order valence-electron chi connectivity index (χ3n) is 2.79. The van der Waals surface area contributed by atoms with E-state index in [0.29, 0.717) is 24.5 Å². The van der Waals surface area contributed by atoms with Crippen molar-refractivity contribution in [1.29, 1.82) is 0 Å². The quantitative estimate of drug-likeness (QED) is 0.605. The zero-order valence-electron chi connectivity index (χ0n) is 8.22. The minimum atomic E-state index is 0.366. The van der Waals surface area contributed by atoms with Crippen LogP contribution in [0.15, 0.2) is 0 Å². The van der Waals surface area contributed by atoms with Crippen molar-refractivity contribution in [3.05, 3.63) is 0 Å². The largest absolute Gasteiger partial charge is 0.300 e. The fourth-order valence-corrected chi connectivity index (χ4v) is 2.03. The zero-order chi connectivity index (χ0) is 9.52. The summed E-state index contributed by atoms with van der Waals surface area (Å²) < 4.78 is 0. The van der Waals surface area contributed by atoms with Gasteiger partial charge in [0.15, 0.2) is 0 Å². The van der Waals surface area contributed by atoms with Crippen LogP contribution in [0.3, 0.4) is 0 Å². The van der Waals surface area contributed by atoms with Crippen LogP contribution in [-0.4, -0.2) is 5.78 Å². The lowest BCUT2D eigenvalue weighted by Gasteiger charge is -2.20. The van der Waals surface area contributed by atoms with Crippen molar-refractivity contribution in [3.8, 4) is 12.3 Å². The number of terminal acetylenes is 1. The Morgan fingerprint density at radius 1 is 1.31 bits per heavy atom. The maximum absolute atomic E-state index is 11.4. The Kier molecular flexibility index (Phi) is 4.60. The summed E-state index contributed by atoms with van der Waals surface area (Å²) in [6.07, 6.45) is 13.6. The van der Waals surface area contributed by atoms with Crippen molar-refractivity contribution in [2.45, 2.75) is 51.4 Å². The van der Waals surface area contributed by atoms with E-state index in [2.05, 4.69) is 5.92 Å². The number of Topliss-reactive ketones (excluding diaryl/α,β-unsaturated/α-hetero) is 1. The van der Waals surface area contributed by atoms with Crippen LogP contribution in [0.1, 0.15) is 51.4 Å². The molecule has 1 heteroatoms. The molecule has 13 heavy (non-hydrogen) atoms.